The number of aliphatic hydroxyl groups excluding tert-OH is 1. The molecule has 0 radical (unpaired) electrons. The first-order valence-electron chi connectivity index (χ1n) is 4.60. The van der Waals surface area contributed by atoms with Crippen molar-refractivity contribution in [1.82, 2.24) is 4.98 Å². The molecule has 1 heterocycles. The third-order valence-corrected chi connectivity index (χ3v) is 3.38. The fraction of sp³-hybridized carbons (Fsp3) is 0.500. The van der Waals surface area contributed by atoms with Crippen molar-refractivity contribution in [2.45, 2.75) is 31.0 Å². The van der Waals surface area contributed by atoms with Crippen molar-refractivity contribution in [2.75, 3.05) is 5.73 Å². The Morgan fingerprint density at radius 3 is 2.79 bits per heavy atom. The summed E-state index contributed by atoms with van der Waals surface area (Å²) in [5, 5.41) is 9.51. The van der Waals surface area contributed by atoms with Gasteiger partial charge in [0.25, 0.3) is 0 Å². The van der Waals surface area contributed by atoms with E-state index in [1.54, 1.807) is 24.8 Å². The fourth-order valence-electron chi connectivity index (χ4n) is 0.935. The van der Waals surface area contributed by atoms with Gasteiger partial charge in [-0.1, -0.05) is 13.0 Å². The number of thioether (sulfide) groups is 1. The molecule has 2 unspecified atom stereocenters. The summed E-state index contributed by atoms with van der Waals surface area (Å²) in [6.07, 6.45) is -0.291. The van der Waals surface area contributed by atoms with E-state index in [1.807, 2.05) is 19.1 Å². The first kappa shape index (κ1) is 11.3. The van der Waals surface area contributed by atoms with Gasteiger partial charge in [-0.3, -0.25) is 0 Å². The van der Waals surface area contributed by atoms with E-state index in [2.05, 4.69) is 4.98 Å². The topological polar surface area (TPSA) is 59.1 Å². The average molecular weight is 212 g/mol. The molecule has 3 nitrogen and oxygen atoms in total. The van der Waals surface area contributed by atoms with Gasteiger partial charge in [-0.05, 0) is 19.1 Å². The summed E-state index contributed by atoms with van der Waals surface area (Å²) in [5.74, 6) is 1.34. The molecule has 0 saturated heterocycles. The minimum atomic E-state index is -0.291. The second kappa shape index (κ2) is 5.22. The Morgan fingerprint density at radius 1 is 1.50 bits per heavy atom. The van der Waals surface area contributed by atoms with Crippen molar-refractivity contribution in [3.63, 3.8) is 0 Å². The van der Waals surface area contributed by atoms with Crippen LogP contribution < -0.4 is 5.73 Å². The summed E-state index contributed by atoms with van der Waals surface area (Å²) in [5.41, 5.74) is 6.52. The number of hydrogen-bond donors (Lipinski definition) is 2. The largest absolute Gasteiger partial charge is 0.392 e. The van der Waals surface area contributed by atoms with Gasteiger partial charge in [0, 0.05) is 11.0 Å². The Labute approximate surface area is 88.7 Å². The van der Waals surface area contributed by atoms with Crippen LogP contribution in [0.15, 0.2) is 18.2 Å². The summed E-state index contributed by atoms with van der Waals surface area (Å²) in [6.45, 7) is 3.80. The molecule has 1 aromatic rings. The molecule has 0 aliphatic rings. The summed E-state index contributed by atoms with van der Waals surface area (Å²) < 4.78 is 0. The van der Waals surface area contributed by atoms with Crippen molar-refractivity contribution >= 4 is 17.6 Å². The number of nitrogens with two attached hydrogens (primary N) is 1. The molecule has 2 atom stereocenters. The Balaban J connectivity index is 2.45. The minimum absolute atomic E-state index is 0.221. The minimum Gasteiger partial charge on any atom is -0.392 e. The maximum absolute atomic E-state index is 9.29. The number of aliphatic hydroxyl groups is 1. The van der Waals surface area contributed by atoms with Crippen molar-refractivity contribution in [3.05, 3.63) is 23.9 Å². The molecular weight excluding hydrogens is 196 g/mol. The molecule has 0 aromatic carbocycles. The second-order valence-corrected chi connectivity index (χ2v) is 4.68. The van der Waals surface area contributed by atoms with Crippen LogP contribution in [0.4, 0.5) is 5.82 Å². The quantitative estimate of drug-likeness (QED) is 0.797. The predicted molar refractivity (Wildman–Crippen MR) is 61.1 cm³/mol. The Hall–Kier alpha value is -0.740. The number of nitrogens with zero attached hydrogens (tertiary/aromatic N) is 1. The highest BCUT2D eigenvalue weighted by Crippen LogP contribution is 2.19. The lowest BCUT2D eigenvalue weighted by Gasteiger charge is -2.13. The Morgan fingerprint density at radius 2 is 2.21 bits per heavy atom. The first-order chi connectivity index (χ1) is 6.59. The molecule has 0 fully saturated rings. The van der Waals surface area contributed by atoms with Crippen LogP contribution in [0.2, 0.25) is 0 Å². The number of rotatable bonds is 4. The van der Waals surface area contributed by atoms with Gasteiger partial charge in [-0.2, -0.15) is 0 Å². The molecule has 1 rings (SSSR count). The standard InChI is InChI=1S/C10H16N2OS/c1-7(13)8(2)14-6-9-4-3-5-10(11)12-9/h3-5,7-8,13H,6H2,1-2H3,(H2,11,12). The van der Waals surface area contributed by atoms with Gasteiger partial charge >= 0.3 is 0 Å². The summed E-state index contributed by atoms with van der Waals surface area (Å²) in [4.78, 5) is 4.18. The number of hydrogen-bond acceptors (Lipinski definition) is 4. The van der Waals surface area contributed by atoms with Crippen molar-refractivity contribution < 1.29 is 5.11 Å². The van der Waals surface area contributed by atoms with Crippen LogP contribution in [0.3, 0.4) is 0 Å². The smallest absolute Gasteiger partial charge is 0.123 e. The van der Waals surface area contributed by atoms with Crippen LogP contribution in [0.25, 0.3) is 0 Å². The van der Waals surface area contributed by atoms with E-state index in [-0.39, 0.29) is 11.4 Å². The monoisotopic (exact) mass is 212 g/mol. The molecule has 0 bridgehead atoms. The highest BCUT2D eigenvalue weighted by molar-refractivity contribution is 7.99. The molecule has 1 aromatic heterocycles. The van der Waals surface area contributed by atoms with Gasteiger partial charge < -0.3 is 10.8 Å². The van der Waals surface area contributed by atoms with Crippen molar-refractivity contribution in [2.24, 2.45) is 0 Å². The lowest BCUT2D eigenvalue weighted by Crippen LogP contribution is -2.15. The van der Waals surface area contributed by atoms with E-state index >= 15 is 0 Å². The van der Waals surface area contributed by atoms with Gasteiger partial charge in [0.2, 0.25) is 0 Å². The lowest BCUT2D eigenvalue weighted by atomic mass is 10.3. The van der Waals surface area contributed by atoms with Crippen LogP contribution in [0.5, 0.6) is 0 Å². The van der Waals surface area contributed by atoms with E-state index in [0.717, 1.165) is 11.4 Å². The van der Waals surface area contributed by atoms with Crippen LogP contribution in [0.1, 0.15) is 19.5 Å². The van der Waals surface area contributed by atoms with Gasteiger partial charge in [0.1, 0.15) is 5.82 Å². The third kappa shape index (κ3) is 3.55. The maximum Gasteiger partial charge on any atom is 0.123 e. The lowest BCUT2D eigenvalue weighted by molar-refractivity contribution is 0.196. The molecule has 3 N–H and O–H groups in total. The predicted octanol–water partition coefficient (Wildman–Crippen LogP) is 1.67. The van der Waals surface area contributed by atoms with Crippen LogP contribution >= 0.6 is 11.8 Å². The molecule has 0 aliphatic heterocycles. The zero-order chi connectivity index (χ0) is 10.6. The van der Waals surface area contributed by atoms with E-state index < -0.39 is 0 Å². The highest BCUT2D eigenvalue weighted by atomic mass is 32.2. The third-order valence-electron chi connectivity index (χ3n) is 2.00. The Bertz CT molecular complexity index is 291. The van der Waals surface area contributed by atoms with Gasteiger partial charge in [0.15, 0.2) is 0 Å². The molecule has 0 saturated carbocycles. The van der Waals surface area contributed by atoms with E-state index in [0.29, 0.717) is 5.82 Å². The first-order valence-corrected chi connectivity index (χ1v) is 5.65. The van der Waals surface area contributed by atoms with Crippen LogP contribution in [0, 0.1) is 0 Å². The second-order valence-electron chi connectivity index (χ2n) is 3.31. The van der Waals surface area contributed by atoms with Crippen molar-refractivity contribution in [1.29, 1.82) is 0 Å². The summed E-state index contributed by atoms with van der Waals surface area (Å²) in [6, 6.07) is 5.61. The molecule has 0 spiro atoms. The number of aromatic nitrogens is 1. The van der Waals surface area contributed by atoms with Gasteiger partial charge in [-0.15, -0.1) is 11.8 Å². The number of anilines is 1. The molecule has 14 heavy (non-hydrogen) atoms. The molecule has 0 aliphatic carbocycles. The molecule has 0 amide bonds. The van der Waals surface area contributed by atoms with Gasteiger partial charge in [0.05, 0.1) is 11.8 Å². The van der Waals surface area contributed by atoms with Crippen LogP contribution in [-0.4, -0.2) is 21.4 Å². The fourth-order valence-corrected chi connectivity index (χ4v) is 1.81. The van der Waals surface area contributed by atoms with E-state index in [1.165, 1.54) is 0 Å². The average Bonchev–Trinajstić information content (AvgIpc) is 2.14. The van der Waals surface area contributed by atoms with Crippen LogP contribution in [-0.2, 0) is 5.75 Å². The van der Waals surface area contributed by atoms with Gasteiger partial charge in [-0.25, -0.2) is 4.98 Å². The van der Waals surface area contributed by atoms with E-state index in [4.69, 9.17) is 5.73 Å². The van der Waals surface area contributed by atoms with E-state index in [9.17, 15) is 5.11 Å². The number of pyridine rings is 1. The molecule has 4 heteroatoms. The summed E-state index contributed by atoms with van der Waals surface area (Å²) >= 11 is 1.68. The molecular formula is C10H16N2OS. The van der Waals surface area contributed by atoms with Crippen molar-refractivity contribution in [3.8, 4) is 0 Å². The molecule has 78 valence electrons. The summed E-state index contributed by atoms with van der Waals surface area (Å²) in [7, 11) is 0. The Kier molecular flexibility index (Phi) is 4.22. The normalized spacial score (nSPS) is 15.1. The number of nitrogen functional groups attached to an aromatic ring is 1. The SMILES string of the molecule is CC(O)C(C)SCc1cccc(N)n1. The maximum atomic E-state index is 9.29. The highest BCUT2D eigenvalue weighted by Gasteiger charge is 2.09. The zero-order valence-electron chi connectivity index (χ0n) is 8.47. The zero-order valence-corrected chi connectivity index (χ0v) is 9.29.